The summed E-state index contributed by atoms with van der Waals surface area (Å²) < 4.78 is 5.67. The molecule has 1 aromatic rings. The number of esters is 1. The van der Waals surface area contributed by atoms with Gasteiger partial charge in [-0.2, -0.15) is 5.10 Å². The molecular formula is C9H13ClN2O4. The SMILES string of the molecule is COC(=O)C(O)C(O)c1c(C)nn(C)c1Cl. The van der Waals surface area contributed by atoms with Gasteiger partial charge in [-0.1, -0.05) is 11.6 Å². The van der Waals surface area contributed by atoms with Crippen molar-refractivity contribution < 1.29 is 19.7 Å². The second-order valence-corrected chi connectivity index (χ2v) is 3.68. The maximum Gasteiger partial charge on any atom is 0.337 e. The van der Waals surface area contributed by atoms with E-state index in [0.717, 1.165) is 7.11 Å². The van der Waals surface area contributed by atoms with Crippen molar-refractivity contribution >= 4 is 17.6 Å². The van der Waals surface area contributed by atoms with E-state index in [-0.39, 0.29) is 10.7 Å². The molecule has 2 atom stereocenters. The van der Waals surface area contributed by atoms with Crippen LogP contribution in [0.2, 0.25) is 5.15 Å². The zero-order chi connectivity index (χ0) is 12.5. The topological polar surface area (TPSA) is 84.6 Å². The number of aliphatic hydroxyl groups excluding tert-OH is 2. The van der Waals surface area contributed by atoms with Gasteiger partial charge in [0.05, 0.1) is 12.8 Å². The summed E-state index contributed by atoms with van der Waals surface area (Å²) in [4.78, 5) is 11.1. The van der Waals surface area contributed by atoms with Crippen LogP contribution < -0.4 is 0 Å². The summed E-state index contributed by atoms with van der Waals surface area (Å²) in [5.41, 5.74) is 0.671. The smallest absolute Gasteiger partial charge is 0.337 e. The third kappa shape index (κ3) is 2.18. The largest absolute Gasteiger partial charge is 0.467 e. The van der Waals surface area contributed by atoms with E-state index in [2.05, 4.69) is 9.84 Å². The van der Waals surface area contributed by atoms with Crippen molar-refractivity contribution in [2.75, 3.05) is 7.11 Å². The number of hydrogen-bond acceptors (Lipinski definition) is 5. The fourth-order valence-corrected chi connectivity index (χ4v) is 1.68. The lowest BCUT2D eigenvalue weighted by Gasteiger charge is -2.15. The highest BCUT2D eigenvalue weighted by atomic mass is 35.5. The van der Waals surface area contributed by atoms with E-state index in [1.807, 2.05) is 0 Å². The average molecular weight is 249 g/mol. The van der Waals surface area contributed by atoms with Crippen LogP contribution in [0.3, 0.4) is 0 Å². The fraction of sp³-hybridized carbons (Fsp3) is 0.556. The molecule has 0 amide bonds. The zero-order valence-electron chi connectivity index (χ0n) is 9.14. The minimum absolute atomic E-state index is 0.174. The molecule has 1 rings (SSSR count). The van der Waals surface area contributed by atoms with Crippen molar-refractivity contribution in [3.8, 4) is 0 Å². The number of methoxy groups -OCH3 is 1. The van der Waals surface area contributed by atoms with Gasteiger partial charge in [-0.15, -0.1) is 0 Å². The molecule has 90 valence electrons. The molecule has 7 heteroatoms. The summed E-state index contributed by atoms with van der Waals surface area (Å²) in [5.74, 6) is -0.924. The van der Waals surface area contributed by atoms with Gasteiger partial charge in [0, 0.05) is 12.6 Å². The van der Waals surface area contributed by atoms with Gasteiger partial charge in [0.15, 0.2) is 6.10 Å². The Balaban J connectivity index is 3.04. The van der Waals surface area contributed by atoms with Crippen LogP contribution in [0.4, 0.5) is 0 Å². The minimum Gasteiger partial charge on any atom is -0.467 e. The Labute approximate surface area is 97.4 Å². The number of halogens is 1. The molecule has 0 saturated carbocycles. The third-order valence-electron chi connectivity index (χ3n) is 2.23. The number of hydrogen-bond donors (Lipinski definition) is 2. The molecule has 0 radical (unpaired) electrons. The first-order valence-corrected chi connectivity index (χ1v) is 4.90. The molecule has 1 heterocycles. The van der Waals surface area contributed by atoms with E-state index < -0.39 is 18.2 Å². The van der Waals surface area contributed by atoms with Crippen LogP contribution in [0, 0.1) is 6.92 Å². The van der Waals surface area contributed by atoms with Crippen molar-refractivity contribution in [2.45, 2.75) is 19.1 Å². The Hall–Kier alpha value is -1.11. The predicted octanol–water partition coefficient (Wildman–Crippen LogP) is -0.0508. The lowest BCUT2D eigenvalue weighted by molar-refractivity contribution is -0.156. The van der Waals surface area contributed by atoms with Gasteiger partial charge in [-0.3, -0.25) is 4.68 Å². The zero-order valence-corrected chi connectivity index (χ0v) is 9.89. The summed E-state index contributed by atoms with van der Waals surface area (Å²) in [6.45, 7) is 1.62. The summed E-state index contributed by atoms with van der Waals surface area (Å²) in [5, 5.41) is 23.4. The Bertz CT molecular complexity index is 404. The first-order chi connectivity index (χ1) is 7.40. The molecule has 0 saturated heterocycles. The minimum atomic E-state index is -1.68. The maximum atomic E-state index is 11.1. The van der Waals surface area contributed by atoms with E-state index in [4.69, 9.17) is 11.6 Å². The molecule has 0 aliphatic heterocycles. The molecule has 2 unspecified atom stereocenters. The normalized spacial score (nSPS) is 14.6. The van der Waals surface area contributed by atoms with Crippen molar-refractivity contribution in [1.82, 2.24) is 9.78 Å². The quantitative estimate of drug-likeness (QED) is 0.733. The highest BCUT2D eigenvalue weighted by Crippen LogP contribution is 2.28. The predicted molar refractivity (Wildman–Crippen MR) is 55.9 cm³/mol. The summed E-state index contributed by atoms with van der Waals surface area (Å²) in [6, 6.07) is 0. The molecule has 1 aromatic heterocycles. The number of rotatable bonds is 3. The van der Waals surface area contributed by atoms with Crippen molar-refractivity contribution in [1.29, 1.82) is 0 Å². The summed E-state index contributed by atoms with van der Waals surface area (Å²) in [7, 11) is 2.71. The van der Waals surface area contributed by atoms with Crippen molar-refractivity contribution in [3.05, 3.63) is 16.4 Å². The molecule has 0 aromatic carbocycles. The number of carbonyl (C=O) groups is 1. The lowest BCUT2D eigenvalue weighted by atomic mass is 10.1. The second-order valence-electron chi connectivity index (χ2n) is 3.33. The second kappa shape index (κ2) is 4.82. The maximum absolute atomic E-state index is 11.1. The van der Waals surface area contributed by atoms with Crippen molar-refractivity contribution in [2.24, 2.45) is 7.05 Å². The van der Waals surface area contributed by atoms with Gasteiger partial charge in [-0.25, -0.2) is 4.79 Å². The summed E-state index contributed by atoms with van der Waals surface area (Å²) >= 11 is 5.88. The molecule has 2 N–H and O–H groups in total. The molecule has 0 bridgehead atoms. The molecule has 0 aliphatic carbocycles. The van der Waals surface area contributed by atoms with Gasteiger partial charge >= 0.3 is 5.97 Å². The molecular weight excluding hydrogens is 236 g/mol. The van der Waals surface area contributed by atoms with Crippen LogP contribution in [0.25, 0.3) is 0 Å². The Morgan fingerprint density at radius 3 is 2.50 bits per heavy atom. The van der Waals surface area contributed by atoms with Crippen LogP contribution >= 0.6 is 11.6 Å². The van der Waals surface area contributed by atoms with Crippen LogP contribution in [0.15, 0.2) is 0 Å². The van der Waals surface area contributed by atoms with E-state index in [0.29, 0.717) is 5.69 Å². The number of aromatic nitrogens is 2. The van der Waals surface area contributed by atoms with E-state index >= 15 is 0 Å². The van der Waals surface area contributed by atoms with E-state index in [9.17, 15) is 15.0 Å². The fourth-order valence-electron chi connectivity index (χ4n) is 1.39. The lowest BCUT2D eigenvalue weighted by Crippen LogP contribution is -2.29. The molecule has 0 fully saturated rings. The average Bonchev–Trinajstić information content (AvgIpc) is 2.50. The van der Waals surface area contributed by atoms with Gasteiger partial charge in [0.25, 0.3) is 0 Å². The molecule has 16 heavy (non-hydrogen) atoms. The van der Waals surface area contributed by atoms with Crippen LogP contribution in [0.1, 0.15) is 17.4 Å². The van der Waals surface area contributed by atoms with Gasteiger partial charge in [-0.05, 0) is 6.92 Å². The molecule has 0 aliphatic rings. The van der Waals surface area contributed by atoms with Gasteiger partial charge < -0.3 is 14.9 Å². The van der Waals surface area contributed by atoms with Crippen LogP contribution in [-0.2, 0) is 16.6 Å². The Morgan fingerprint density at radius 1 is 1.56 bits per heavy atom. The van der Waals surface area contributed by atoms with Gasteiger partial charge in [0.1, 0.15) is 11.3 Å². The first-order valence-electron chi connectivity index (χ1n) is 4.53. The van der Waals surface area contributed by atoms with Crippen LogP contribution in [0.5, 0.6) is 0 Å². The highest BCUT2D eigenvalue weighted by Gasteiger charge is 2.31. The number of carbonyl (C=O) groups excluding carboxylic acids is 1. The highest BCUT2D eigenvalue weighted by molar-refractivity contribution is 6.30. The van der Waals surface area contributed by atoms with Crippen molar-refractivity contribution in [3.63, 3.8) is 0 Å². The number of aryl methyl sites for hydroxylation is 2. The number of aliphatic hydroxyl groups is 2. The number of nitrogens with zero attached hydrogens (tertiary/aromatic N) is 2. The Morgan fingerprint density at radius 2 is 2.12 bits per heavy atom. The Kier molecular flexibility index (Phi) is 3.90. The monoisotopic (exact) mass is 248 g/mol. The van der Waals surface area contributed by atoms with Crippen LogP contribution in [-0.4, -0.2) is 39.2 Å². The molecule has 6 nitrogen and oxygen atoms in total. The van der Waals surface area contributed by atoms with E-state index in [1.165, 1.54) is 4.68 Å². The van der Waals surface area contributed by atoms with E-state index in [1.54, 1.807) is 14.0 Å². The third-order valence-corrected chi connectivity index (χ3v) is 2.68. The van der Waals surface area contributed by atoms with Gasteiger partial charge in [0.2, 0.25) is 0 Å². The summed E-state index contributed by atoms with van der Waals surface area (Å²) in [6.07, 6.45) is -3.13. The first kappa shape index (κ1) is 13.0. The standard InChI is InChI=1S/C9H13ClN2O4/c1-4-5(8(10)12(2)11-4)6(13)7(14)9(15)16-3/h6-7,13-14H,1-3H3. The number of ether oxygens (including phenoxy) is 1. The molecule has 0 spiro atoms.